The monoisotopic (exact) mass is 498 g/mol. The van der Waals surface area contributed by atoms with Crippen LogP contribution in [0.5, 0.6) is 0 Å². The molecule has 0 spiro atoms. The SMILES string of the molecule is O=C(Cc1ccc2cnn(S(=O)(=O)c3ccc(F)c(C(F)(F)F)c3)c2c1)c1c(F)cccc1F. The lowest BCUT2D eigenvalue weighted by molar-refractivity contribution is -0.140. The van der Waals surface area contributed by atoms with Crippen molar-refractivity contribution in [3.05, 3.63) is 94.9 Å². The van der Waals surface area contributed by atoms with Gasteiger partial charge in [0.15, 0.2) is 5.78 Å². The van der Waals surface area contributed by atoms with E-state index < -0.39 is 61.9 Å². The van der Waals surface area contributed by atoms with Gasteiger partial charge in [-0.3, -0.25) is 4.79 Å². The van der Waals surface area contributed by atoms with Gasteiger partial charge < -0.3 is 0 Å². The fraction of sp³-hybridized carbons (Fsp3) is 0.0909. The van der Waals surface area contributed by atoms with E-state index in [2.05, 4.69) is 5.10 Å². The molecule has 5 nitrogen and oxygen atoms in total. The van der Waals surface area contributed by atoms with Gasteiger partial charge in [-0.25, -0.2) is 13.2 Å². The van der Waals surface area contributed by atoms with Gasteiger partial charge in [0.05, 0.1) is 27.7 Å². The van der Waals surface area contributed by atoms with Gasteiger partial charge in [0.25, 0.3) is 10.0 Å². The zero-order valence-electron chi connectivity index (χ0n) is 16.8. The van der Waals surface area contributed by atoms with Crippen molar-refractivity contribution in [3.63, 3.8) is 0 Å². The Kier molecular flexibility index (Phi) is 5.72. The fourth-order valence-corrected chi connectivity index (χ4v) is 4.66. The van der Waals surface area contributed by atoms with Crippen LogP contribution in [0, 0.1) is 17.5 Å². The van der Waals surface area contributed by atoms with Gasteiger partial charge in [-0.15, -0.1) is 0 Å². The largest absolute Gasteiger partial charge is 0.419 e. The summed E-state index contributed by atoms with van der Waals surface area (Å²) in [4.78, 5) is 11.6. The van der Waals surface area contributed by atoms with E-state index in [-0.39, 0.29) is 22.5 Å². The number of hydrogen-bond donors (Lipinski definition) is 0. The molecule has 0 fully saturated rings. The van der Waals surface area contributed by atoms with E-state index in [1.807, 2.05) is 0 Å². The molecule has 0 saturated carbocycles. The third-order valence-electron chi connectivity index (χ3n) is 4.98. The highest BCUT2D eigenvalue weighted by Gasteiger charge is 2.36. The highest BCUT2D eigenvalue weighted by Crippen LogP contribution is 2.33. The minimum absolute atomic E-state index is 0.0998. The van der Waals surface area contributed by atoms with Crippen molar-refractivity contribution in [1.82, 2.24) is 9.19 Å². The van der Waals surface area contributed by atoms with Crippen LogP contribution < -0.4 is 0 Å². The number of ketones is 1. The third-order valence-corrected chi connectivity index (χ3v) is 6.57. The van der Waals surface area contributed by atoms with Crippen LogP contribution in [0.1, 0.15) is 21.5 Å². The summed E-state index contributed by atoms with van der Waals surface area (Å²) in [5, 5.41) is 3.97. The standard InChI is InChI=1S/C22H12F6N2O3S/c23-16-7-6-14(10-15(16)22(26,27)28)34(32,33)30-19-8-12(4-5-13(19)11-29-30)9-20(31)21-17(24)2-1-3-18(21)25/h1-8,10-11H,9H2. The van der Waals surface area contributed by atoms with Crippen LogP contribution >= 0.6 is 0 Å². The number of carbonyl (C=O) groups is 1. The Morgan fingerprint density at radius 2 is 1.59 bits per heavy atom. The van der Waals surface area contributed by atoms with E-state index in [1.165, 1.54) is 18.2 Å². The number of halogens is 6. The molecule has 4 aromatic rings. The van der Waals surface area contributed by atoms with Gasteiger partial charge in [-0.1, -0.05) is 18.2 Å². The van der Waals surface area contributed by atoms with Crippen LogP contribution in [0.4, 0.5) is 26.3 Å². The van der Waals surface area contributed by atoms with Crippen molar-refractivity contribution in [1.29, 1.82) is 0 Å². The van der Waals surface area contributed by atoms with Crippen molar-refractivity contribution in [3.8, 4) is 0 Å². The van der Waals surface area contributed by atoms with Crippen LogP contribution in [-0.2, 0) is 22.6 Å². The maximum Gasteiger partial charge on any atom is 0.419 e. The molecule has 0 saturated heterocycles. The molecule has 3 aromatic carbocycles. The predicted octanol–water partition coefficient (Wildman–Crippen LogP) is 5.13. The molecule has 0 radical (unpaired) electrons. The molecular weight excluding hydrogens is 486 g/mol. The Morgan fingerprint density at radius 1 is 0.912 bits per heavy atom. The second-order valence-electron chi connectivity index (χ2n) is 7.22. The lowest BCUT2D eigenvalue weighted by Crippen LogP contribution is -2.17. The van der Waals surface area contributed by atoms with Gasteiger partial charge in [-0.2, -0.15) is 30.8 Å². The molecule has 4 rings (SSSR count). The quantitative estimate of drug-likeness (QED) is 0.283. The Morgan fingerprint density at radius 3 is 2.24 bits per heavy atom. The fourth-order valence-electron chi connectivity index (χ4n) is 3.36. The average Bonchev–Trinajstić information content (AvgIpc) is 3.17. The number of carbonyl (C=O) groups excluding carboxylic acids is 1. The van der Waals surface area contributed by atoms with Gasteiger partial charge in [0.1, 0.15) is 17.5 Å². The summed E-state index contributed by atoms with van der Waals surface area (Å²) >= 11 is 0. The molecule has 0 amide bonds. The predicted molar refractivity (Wildman–Crippen MR) is 108 cm³/mol. The number of nitrogens with zero attached hydrogens (tertiary/aromatic N) is 2. The molecule has 34 heavy (non-hydrogen) atoms. The van der Waals surface area contributed by atoms with Crippen LogP contribution in [0.25, 0.3) is 10.9 Å². The number of benzene rings is 3. The molecule has 0 N–H and O–H groups in total. The number of rotatable bonds is 5. The third kappa shape index (κ3) is 4.16. The number of Topliss-reactive ketones (excluding diaryl/α,β-unsaturated/α-hetero) is 1. The highest BCUT2D eigenvalue weighted by atomic mass is 32.2. The number of alkyl halides is 3. The minimum Gasteiger partial charge on any atom is -0.294 e. The zero-order valence-corrected chi connectivity index (χ0v) is 17.6. The van der Waals surface area contributed by atoms with E-state index in [0.29, 0.717) is 16.2 Å². The zero-order chi connectivity index (χ0) is 24.8. The second-order valence-corrected chi connectivity index (χ2v) is 8.99. The van der Waals surface area contributed by atoms with E-state index >= 15 is 0 Å². The van der Waals surface area contributed by atoms with Crippen molar-refractivity contribution < 1.29 is 39.6 Å². The summed E-state index contributed by atoms with van der Waals surface area (Å²) in [5.41, 5.74) is -2.44. The van der Waals surface area contributed by atoms with Crippen molar-refractivity contribution in [2.45, 2.75) is 17.5 Å². The molecule has 0 bridgehead atoms. The van der Waals surface area contributed by atoms with E-state index in [4.69, 9.17) is 0 Å². The number of aromatic nitrogens is 2. The average molecular weight is 498 g/mol. The Balaban J connectivity index is 1.75. The maximum absolute atomic E-state index is 13.9. The van der Waals surface area contributed by atoms with Crippen molar-refractivity contribution >= 4 is 26.7 Å². The molecule has 0 unspecified atom stereocenters. The lowest BCUT2D eigenvalue weighted by atomic mass is 10.0. The number of hydrogen-bond acceptors (Lipinski definition) is 4. The summed E-state index contributed by atoms with van der Waals surface area (Å²) in [6.45, 7) is 0. The van der Waals surface area contributed by atoms with Crippen LogP contribution in [-0.4, -0.2) is 23.4 Å². The highest BCUT2D eigenvalue weighted by molar-refractivity contribution is 7.90. The normalized spacial score (nSPS) is 12.3. The smallest absolute Gasteiger partial charge is 0.294 e. The molecule has 1 heterocycles. The second kappa shape index (κ2) is 8.28. The summed E-state index contributed by atoms with van der Waals surface area (Å²) in [5.74, 6) is -4.67. The van der Waals surface area contributed by atoms with Crippen LogP contribution in [0.2, 0.25) is 0 Å². The van der Waals surface area contributed by atoms with Crippen molar-refractivity contribution in [2.24, 2.45) is 0 Å². The first-order valence-electron chi connectivity index (χ1n) is 9.46. The first-order valence-corrected chi connectivity index (χ1v) is 10.9. The summed E-state index contributed by atoms with van der Waals surface area (Å²) in [6, 6.07) is 8.15. The van der Waals surface area contributed by atoms with E-state index in [0.717, 1.165) is 24.4 Å². The van der Waals surface area contributed by atoms with Gasteiger partial charge in [0, 0.05) is 11.8 Å². The molecule has 0 aliphatic heterocycles. The van der Waals surface area contributed by atoms with Crippen LogP contribution in [0.15, 0.2) is 65.7 Å². The molecule has 0 aliphatic carbocycles. The topological polar surface area (TPSA) is 69.0 Å². The molecule has 1 aromatic heterocycles. The molecule has 0 aliphatic rings. The van der Waals surface area contributed by atoms with E-state index in [9.17, 15) is 39.6 Å². The first-order chi connectivity index (χ1) is 15.9. The van der Waals surface area contributed by atoms with Crippen LogP contribution in [0.3, 0.4) is 0 Å². The number of fused-ring (bicyclic) bond motifs is 1. The van der Waals surface area contributed by atoms with Crippen molar-refractivity contribution in [2.75, 3.05) is 0 Å². The summed E-state index contributed by atoms with van der Waals surface area (Å²) in [6.07, 6.45) is -4.49. The summed E-state index contributed by atoms with van der Waals surface area (Å²) in [7, 11) is -4.70. The molecule has 176 valence electrons. The minimum atomic E-state index is -5.13. The van der Waals surface area contributed by atoms with E-state index in [1.54, 1.807) is 0 Å². The Bertz CT molecular complexity index is 1520. The van der Waals surface area contributed by atoms with Gasteiger partial charge in [0.2, 0.25) is 0 Å². The Labute approximate surface area is 188 Å². The van der Waals surface area contributed by atoms with Gasteiger partial charge in [-0.05, 0) is 42.0 Å². The molecule has 0 atom stereocenters. The lowest BCUT2D eigenvalue weighted by Gasteiger charge is -2.11. The first kappa shape index (κ1) is 23.5. The molecular formula is C22H12F6N2O3S. The summed E-state index contributed by atoms with van der Waals surface area (Å²) < 4.78 is 107. The molecule has 12 heteroatoms. The Hall–Kier alpha value is -3.67. The maximum atomic E-state index is 13.9. The van der Waals surface area contributed by atoms with Gasteiger partial charge >= 0.3 is 6.18 Å².